The van der Waals surface area contributed by atoms with E-state index in [1.807, 2.05) is 0 Å². The molecular formula is C23H18Br2O4S. The number of ether oxygens (including phenoxy) is 1. The van der Waals surface area contributed by atoms with Gasteiger partial charge >= 0.3 is 0 Å². The number of sulfone groups is 1. The third kappa shape index (κ3) is 5.68. The summed E-state index contributed by atoms with van der Waals surface area (Å²) in [7, 11) is -2.38. The highest BCUT2D eigenvalue weighted by molar-refractivity contribution is 9.10. The SMILES string of the molecule is COc1ccc(C(=O)/C(=C/c2ccc(Br)cc2)S(=O)(=O)Cc2ccc(Br)cc2)cc1. The van der Waals surface area contributed by atoms with Crippen LogP contribution in [0, 0.1) is 0 Å². The van der Waals surface area contributed by atoms with Gasteiger partial charge in [0.15, 0.2) is 9.84 Å². The monoisotopic (exact) mass is 548 g/mol. The molecule has 0 heterocycles. The Morgan fingerprint density at radius 2 is 1.40 bits per heavy atom. The summed E-state index contributed by atoms with van der Waals surface area (Å²) in [5.74, 6) is -0.245. The van der Waals surface area contributed by atoms with Crippen LogP contribution in [0.15, 0.2) is 86.6 Å². The molecule has 154 valence electrons. The van der Waals surface area contributed by atoms with E-state index in [2.05, 4.69) is 31.9 Å². The van der Waals surface area contributed by atoms with Gasteiger partial charge in [-0.2, -0.15) is 0 Å². The molecule has 3 rings (SSSR count). The highest BCUT2D eigenvalue weighted by atomic mass is 79.9. The van der Waals surface area contributed by atoms with Gasteiger partial charge in [-0.3, -0.25) is 4.79 Å². The maximum absolute atomic E-state index is 13.3. The lowest BCUT2D eigenvalue weighted by Gasteiger charge is -2.10. The van der Waals surface area contributed by atoms with Crippen molar-refractivity contribution >= 4 is 53.6 Å². The van der Waals surface area contributed by atoms with Crippen LogP contribution in [0.1, 0.15) is 21.5 Å². The molecule has 0 aliphatic heterocycles. The van der Waals surface area contributed by atoms with Crippen molar-refractivity contribution in [2.75, 3.05) is 7.11 Å². The van der Waals surface area contributed by atoms with Crippen molar-refractivity contribution in [2.24, 2.45) is 0 Å². The quantitative estimate of drug-likeness (QED) is 0.265. The Bertz CT molecular complexity index is 1170. The van der Waals surface area contributed by atoms with Crippen molar-refractivity contribution in [3.8, 4) is 5.75 Å². The van der Waals surface area contributed by atoms with E-state index in [4.69, 9.17) is 4.74 Å². The van der Waals surface area contributed by atoms with Crippen LogP contribution in [0.3, 0.4) is 0 Å². The number of rotatable bonds is 7. The number of ketones is 1. The standard InChI is InChI=1S/C23H18Br2O4S/c1-29-21-12-6-18(7-13-21)23(26)22(14-16-2-8-19(24)9-3-16)30(27,28)15-17-4-10-20(25)11-5-17/h2-14H,15H2,1H3/b22-14-. The van der Waals surface area contributed by atoms with E-state index in [0.29, 0.717) is 16.9 Å². The molecule has 0 atom stereocenters. The van der Waals surface area contributed by atoms with E-state index < -0.39 is 15.6 Å². The molecule has 0 aliphatic rings. The highest BCUT2D eigenvalue weighted by Gasteiger charge is 2.26. The van der Waals surface area contributed by atoms with Gasteiger partial charge in [-0.1, -0.05) is 56.1 Å². The van der Waals surface area contributed by atoms with Gasteiger partial charge in [0.1, 0.15) is 10.7 Å². The van der Waals surface area contributed by atoms with E-state index in [1.165, 1.54) is 13.2 Å². The lowest BCUT2D eigenvalue weighted by atomic mass is 10.1. The molecule has 0 amide bonds. The fraction of sp³-hybridized carbons (Fsp3) is 0.0870. The Balaban J connectivity index is 2.04. The van der Waals surface area contributed by atoms with Gasteiger partial charge in [-0.15, -0.1) is 0 Å². The van der Waals surface area contributed by atoms with Crippen molar-refractivity contribution in [3.05, 3.63) is 103 Å². The maximum atomic E-state index is 13.3. The second-order valence-electron chi connectivity index (χ2n) is 6.50. The molecule has 4 nitrogen and oxygen atoms in total. The normalized spacial score (nSPS) is 11.9. The van der Waals surface area contributed by atoms with E-state index in [0.717, 1.165) is 8.95 Å². The van der Waals surface area contributed by atoms with Crippen LogP contribution >= 0.6 is 31.9 Å². The summed E-state index contributed by atoms with van der Waals surface area (Å²) in [5.41, 5.74) is 1.50. The van der Waals surface area contributed by atoms with Crippen LogP contribution in [-0.4, -0.2) is 21.3 Å². The molecule has 30 heavy (non-hydrogen) atoms. The molecule has 0 unspecified atom stereocenters. The topological polar surface area (TPSA) is 60.4 Å². The van der Waals surface area contributed by atoms with Gasteiger partial charge < -0.3 is 4.74 Å². The number of hydrogen-bond donors (Lipinski definition) is 0. The fourth-order valence-electron chi connectivity index (χ4n) is 2.77. The third-order valence-corrected chi connectivity index (χ3v) is 7.09. The maximum Gasteiger partial charge on any atom is 0.204 e. The first-order valence-corrected chi connectivity index (χ1v) is 12.2. The van der Waals surface area contributed by atoms with E-state index in [-0.39, 0.29) is 16.2 Å². The predicted octanol–water partition coefficient (Wildman–Crippen LogP) is 6.06. The smallest absolute Gasteiger partial charge is 0.204 e. The first-order chi connectivity index (χ1) is 14.3. The summed E-state index contributed by atoms with van der Waals surface area (Å²) in [6.45, 7) is 0. The zero-order valence-electron chi connectivity index (χ0n) is 16.0. The van der Waals surface area contributed by atoms with E-state index in [9.17, 15) is 13.2 Å². The summed E-state index contributed by atoms with van der Waals surface area (Å²) >= 11 is 6.70. The number of methoxy groups -OCH3 is 1. The lowest BCUT2D eigenvalue weighted by molar-refractivity contribution is 0.104. The summed E-state index contributed by atoms with van der Waals surface area (Å²) < 4.78 is 33.4. The van der Waals surface area contributed by atoms with Gasteiger partial charge in [0.05, 0.1) is 12.9 Å². The zero-order chi connectivity index (χ0) is 21.7. The van der Waals surface area contributed by atoms with Crippen molar-refractivity contribution in [2.45, 2.75) is 5.75 Å². The van der Waals surface area contributed by atoms with Crippen molar-refractivity contribution in [1.82, 2.24) is 0 Å². The molecule has 0 aromatic heterocycles. The minimum absolute atomic E-state index is 0.252. The zero-order valence-corrected chi connectivity index (χ0v) is 20.0. The number of Topliss-reactive ketones (excluding diaryl/α,β-unsaturated/α-hetero) is 1. The van der Waals surface area contributed by atoms with Crippen molar-refractivity contribution in [1.29, 1.82) is 0 Å². The fourth-order valence-corrected chi connectivity index (χ4v) is 4.80. The Morgan fingerprint density at radius 1 is 0.867 bits per heavy atom. The number of allylic oxidation sites excluding steroid dienone is 1. The average Bonchev–Trinajstić information content (AvgIpc) is 2.74. The van der Waals surface area contributed by atoms with Gasteiger partial charge in [0.25, 0.3) is 0 Å². The molecule has 0 bridgehead atoms. The number of benzene rings is 3. The number of carbonyl (C=O) groups is 1. The second-order valence-corrected chi connectivity index (χ2v) is 10.3. The Kier molecular flexibility index (Phi) is 7.28. The molecule has 0 fully saturated rings. The van der Waals surface area contributed by atoms with Crippen LogP contribution in [-0.2, 0) is 15.6 Å². The van der Waals surface area contributed by atoms with Crippen molar-refractivity contribution < 1.29 is 17.9 Å². The first-order valence-electron chi connectivity index (χ1n) is 8.92. The van der Waals surface area contributed by atoms with E-state index >= 15 is 0 Å². The molecule has 0 radical (unpaired) electrons. The highest BCUT2D eigenvalue weighted by Crippen LogP contribution is 2.24. The molecule has 0 aliphatic carbocycles. The van der Waals surface area contributed by atoms with Gasteiger partial charge in [0.2, 0.25) is 5.78 Å². The summed E-state index contributed by atoms with van der Waals surface area (Å²) in [5, 5.41) is 0. The average molecular weight is 550 g/mol. The minimum Gasteiger partial charge on any atom is -0.497 e. The summed E-state index contributed by atoms with van der Waals surface area (Å²) in [4.78, 5) is 12.9. The van der Waals surface area contributed by atoms with Crippen LogP contribution in [0.4, 0.5) is 0 Å². The Hall–Kier alpha value is -2.22. The van der Waals surface area contributed by atoms with Crippen LogP contribution in [0.25, 0.3) is 6.08 Å². The molecule has 0 N–H and O–H groups in total. The van der Waals surface area contributed by atoms with Crippen LogP contribution in [0.5, 0.6) is 5.75 Å². The first kappa shape index (κ1) is 22.5. The Labute approximate surface area is 192 Å². The number of carbonyl (C=O) groups excluding carboxylic acids is 1. The Morgan fingerprint density at radius 3 is 1.93 bits per heavy atom. The second kappa shape index (κ2) is 9.73. The third-order valence-electron chi connectivity index (χ3n) is 4.35. The van der Waals surface area contributed by atoms with Crippen molar-refractivity contribution in [3.63, 3.8) is 0 Å². The van der Waals surface area contributed by atoms with Crippen LogP contribution < -0.4 is 4.74 Å². The molecule has 0 saturated carbocycles. The largest absolute Gasteiger partial charge is 0.497 e. The summed E-state index contributed by atoms with van der Waals surface area (Å²) in [6, 6.07) is 20.5. The minimum atomic E-state index is -3.91. The molecule has 3 aromatic carbocycles. The van der Waals surface area contributed by atoms with E-state index in [1.54, 1.807) is 72.8 Å². The predicted molar refractivity (Wildman–Crippen MR) is 126 cm³/mol. The summed E-state index contributed by atoms with van der Waals surface area (Å²) in [6.07, 6.45) is 1.42. The lowest BCUT2D eigenvalue weighted by Crippen LogP contribution is -2.16. The van der Waals surface area contributed by atoms with Crippen LogP contribution in [0.2, 0.25) is 0 Å². The molecule has 0 spiro atoms. The molecule has 7 heteroatoms. The van der Waals surface area contributed by atoms with Gasteiger partial charge in [-0.05, 0) is 65.7 Å². The van der Waals surface area contributed by atoms with Gasteiger partial charge in [-0.25, -0.2) is 8.42 Å². The molecule has 3 aromatic rings. The molecule has 0 saturated heterocycles. The van der Waals surface area contributed by atoms with Gasteiger partial charge in [0, 0.05) is 14.5 Å². The number of hydrogen-bond acceptors (Lipinski definition) is 4. The number of halogens is 2. The molecular weight excluding hydrogens is 532 g/mol.